The van der Waals surface area contributed by atoms with E-state index in [0.717, 1.165) is 11.8 Å². The van der Waals surface area contributed by atoms with Gasteiger partial charge in [0, 0.05) is 0 Å². The summed E-state index contributed by atoms with van der Waals surface area (Å²) in [5.74, 6) is -0.964. The zero-order chi connectivity index (χ0) is 7.49. The van der Waals surface area contributed by atoms with Crippen molar-refractivity contribution in [3.63, 3.8) is 0 Å². The van der Waals surface area contributed by atoms with Crippen LogP contribution in [0.1, 0.15) is 13.8 Å². The molecular weight excluding hydrogens is 138 g/mol. The van der Waals surface area contributed by atoms with Gasteiger partial charge in [-0.05, 0) is 25.6 Å². The molecule has 3 nitrogen and oxygen atoms in total. The molecule has 0 saturated carbocycles. The fourth-order valence-electron chi connectivity index (χ4n) is 0.158. The third-order valence-corrected chi connectivity index (χ3v) is 1.59. The fraction of sp³-hybridized carbons (Fsp3) is 0.600. The van der Waals surface area contributed by atoms with Crippen molar-refractivity contribution in [1.82, 2.24) is 0 Å². The first-order chi connectivity index (χ1) is 4.00. The lowest BCUT2D eigenvalue weighted by molar-refractivity contribution is -0.138. The summed E-state index contributed by atoms with van der Waals surface area (Å²) in [5, 5.41) is 18.2. The fourth-order valence-corrected chi connectivity index (χ4v) is 0.473. The molecule has 0 aliphatic rings. The Kier molecular flexibility index (Phi) is 2.53. The monoisotopic (exact) mass is 145 g/mol. The van der Waals surface area contributed by atoms with Crippen molar-refractivity contribution in [1.29, 1.82) is 5.26 Å². The first-order valence-electron chi connectivity index (χ1n) is 2.31. The van der Waals surface area contributed by atoms with Crippen LogP contribution in [0.2, 0.25) is 0 Å². The Morgan fingerprint density at radius 2 is 2.22 bits per heavy atom. The Balaban J connectivity index is 4.06. The summed E-state index contributed by atoms with van der Waals surface area (Å²) in [5.41, 5.74) is 0. The smallest absolute Gasteiger partial charge is 0.320 e. The highest BCUT2D eigenvalue weighted by Gasteiger charge is 2.27. The second-order valence-electron chi connectivity index (χ2n) is 2.01. The maximum Gasteiger partial charge on any atom is 0.320 e. The van der Waals surface area contributed by atoms with Crippen molar-refractivity contribution in [3.05, 3.63) is 0 Å². The summed E-state index contributed by atoms with van der Waals surface area (Å²) in [6.45, 7) is 2.98. The number of aliphatic carboxylic acids is 1. The molecule has 0 rings (SSSR count). The Hall–Kier alpha value is -0.690. The molecule has 0 atom stereocenters. The molecule has 0 aromatic carbocycles. The lowest BCUT2D eigenvalue weighted by Gasteiger charge is -2.11. The Morgan fingerprint density at radius 1 is 1.78 bits per heavy atom. The average Bonchev–Trinajstić information content (AvgIpc) is 1.65. The van der Waals surface area contributed by atoms with Gasteiger partial charge in [0.2, 0.25) is 0 Å². The maximum atomic E-state index is 10.2. The predicted molar refractivity (Wildman–Crippen MR) is 34.9 cm³/mol. The number of thioether (sulfide) groups is 1. The van der Waals surface area contributed by atoms with Crippen molar-refractivity contribution in [2.45, 2.75) is 18.6 Å². The number of rotatable bonds is 2. The molecule has 0 spiro atoms. The average molecular weight is 145 g/mol. The minimum absolute atomic E-state index is 0.748. The molecular formula is C5H7NO2S. The van der Waals surface area contributed by atoms with Crippen LogP contribution in [-0.2, 0) is 4.79 Å². The van der Waals surface area contributed by atoms with Crippen LogP contribution in [0, 0.1) is 10.7 Å². The summed E-state index contributed by atoms with van der Waals surface area (Å²) in [6, 6.07) is 0. The highest BCUT2D eigenvalue weighted by molar-refractivity contribution is 8.05. The lowest BCUT2D eigenvalue weighted by atomic mass is 10.2. The molecule has 0 radical (unpaired) electrons. The molecule has 0 aromatic rings. The lowest BCUT2D eigenvalue weighted by Crippen LogP contribution is -2.26. The van der Waals surface area contributed by atoms with Gasteiger partial charge in [-0.1, -0.05) is 0 Å². The van der Waals surface area contributed by atoms with E-state index in [0.29, 0.717) is 0 Å². The van der Waals surface area contributed by atoms with Crippen LogP contribution in [0.25, 0.3) is 0 Å². The summed E-state index contributed by atoms with van der Waals surface area (Å²) >= 11 is 0.748. The number of nitrogens with zero attached hydrogens (tertiary/aromatic N) is 1. The third-order valence-electron chi connectivity index (χ3n) is 0.816. The Bertz CT molecular complexity index is 159. The third kappa shape index (κ3) is 2.38. The number of carboxylic acid groups (broad SMARTS) is 1. The molecule has 1 N–H and O–H groups in total. The van der Waals surface area contributed by atoms with Gasteiger partial charge in [0.1, 0.15) is 10.1 Å². The van der Waals surface area contributed by atoms with Crippen molar-refractivity contribution >= 4 is 17.7 Å². The molecule has 0 aliphatic carbocycles. The standard InChI is InChI=1S/C5H7NO2S/c1-5(2,4(7)8)9-3-6/h1-2H3,(H,7,8). The van der Waals surface area contributed by atoms with Crippen LogP contribution in [0.3, 0.4) is 0 Å². The second-order valence-corrected chi connectivity index (χ2v) is 3.42. The molecule has 4 heteroatoms. The summed E-state index contributed by atoms with van der Waals surface area (Å²) < 4.78 is -0.977. The molecule has 0 bridgehead atoms. The number of carbonyl (C=O) groups is 1. The van der Waals surface area contributed by atoms with Crippen LogP contribution in [-0.4, -0.2) is 15.8 Å². The van der Waals surface area contributed by atoms with Gasteiger partial charge in [-0.3, -0.25) is 4.79 Å². The molecule has 0 fully saturated rings. The van der Waals surface area contributed by atoms with Gasteiger partial charge < -0.3 is 5.11 Å². The van der Waals surface area contributed by atoms with Crippen LogP contribution >= 0.6 is 11.8 Å². The molecule has 9 heavy (non-hydrogen) atoms. The van der Waals surface area contributed by atoms with Gasteiger partial charge in [-0.2, -0.15) is 5.26 Å². The van der Waals surface area contributed by atoms with E-state index in [1.807, 2.05) is 0 Å². The summed E-state index contributed by atoms with van der Waals surface area (Å²) in [4.78, 5) is 10.2. The molecule has 50 valence electrons. The Labute approximate surface area is 57.7 Å². The number of thiocyanates is 1. The van der Waals surface area contributed by atoms with Gasteiger partial charge in [0.25, 0.3) is 0 Å². The van der Waals surface area contributed by atoms with E-state index in [2.05, 4.69) is 0 Å². The van der Waals surface area contributed by atoms with Gasteiger partial charge in [0.15, 0.2) is 0 Å². The quantitative estimate of drug-likeness (QED) is 0.590. The Morgan fingerprint density at radius 3 is 2.33 bits per heavy atom. The van der Waals surface area contributed by atoms with Gasteiger partial charge in [-0.15, -0.1) is 0 Å². The molecule has 0 amide bonds. The van der Waals surface area contributed by atoms with E-state index in [1.54, 1.807) is 5.40 Å². The predicted octanol–water partition coefficient (Wildman–Crippen LogP) is 1.06. The van der Waals surface area contributed by atoms with Crippen molar-refractivity contribution in [2.75, 3.05) is 0 Å². The zero-order valence-corrected chi connectivity index (χ0v) is 6.03. The van der Waals surface area contributed by atoms with E-state index < -0.39 is 10.7 Å². The highest BCUT2D eigenvalue weighted by atomic mass is 32.2. The normalized spacial score (nSPS) is 10.3. The minimum atomic E-state index is -0.977. The second kappa shape index (κ2) is 2.74. The SMILES string of the molecule is CC(C)(SC#N)C(=O)O. The van der Waals surface area contributed by atoms with Gasteiger partial charge in [0.05, 0.1) is 0 Å². The van der Waals surface area contributed by atoms with Gasteiger partial charge in [-0.25, -0.2) is 0 Å². The number of hydrogen-bond donors (Lipinski definition) is 1. The number of nitriles is 1. The first-order valence-corrected chi connectivity index (χ1v) is 3.13. The molecule has 0 saturated heterocycles. The summed E-state index contributed by atoms with van der Waals surface area (Å²) in [7, 11) is 0. The number of hydrogen-bond acceptors (Lipinski definition) is 3. The zero-order valence-electron chi connectivity index (χ0n) is 5.21. The largest absolute Gasteiger partial charge is 0.480 e. The maximum absolute atomic E-state index is 10.2. The van der Waals surface area contributed by atoms with Gasteiger partial charge >= 0.3 is 5.97 Å². The van der Waals surface area contributed by atoms with E-state index in [-0.39, 0.29) is 0 Å². The van der Waals surface area contributed by atoms with Crippen LogP contribution in [0.15, 0.2) is 0 Å². The topological polar surface area (TPSA) is 61.1 Å². The van der Waals surface area contributed by atoms with Crippen molar-refractivity contribution < 1.29 is 9.90 Å². The van der Waals surface area contributed by atoms with Crippen LogP contribution in [0.4, 0.5) is 0 Å². The minimum Gasteiger partial charge on any atom is -0.480 e. The molecule has 0 aromatic heterocycles. The highest BCUT2D eigenvalue weighted by Crippen LogP contribution is 2.22. The van der Waals surface area contributed by atoms with Crippen LogP contribution < -0.4 is 0 Å². The van der Waals surface area contributed by atoms with Crippen molar-refractivity contribution in [2.24, 2.45) is 0 Å². The van der Waals surface area contributed by atoms with E-state index in [1.165, 1.54) is 13.8 Å². The molecule has 0 unspecified atom stereocenters. The van der Waals surface area contributed by atoms with E-state index in [4.69, 9.17) is 10.4 Å². The number of carboxylic acids is 1. The molecule has 0 heterocycles. The first kappa shape index (κ1) is 8.31. The van der Waals surface area contributed by atoms with Crippen LogP contribution in [0.5, 0.6) is 0 Å². The van der Waals surface area contributed by atoms with E-state index in [9.17, 15) is 4.79 Å². The summed E-state index contributed by atoms with van der Waals surface area (Å²) in [6.07, 6.45) is 0. The van der Waals surface area contributed by atoms with Crippen molar-refractivity contribution in [3.8, 4) is 5.40 Å². The van der Waals surface area contributed by atoms with E-state index >= 15 is 0 Å². The molecule has 0 aliphatic heterocycles.